The first-order chi connectivity index (χ1) is 5.62. The summed E-state index contributed by atoms with van der Waals surface area (Å²) in [4.78, 5) is 0.735. The molecule has 12 heavy (non-hydrogen) atoms. The molecule has 0 amide bonds. The van der Waals surface area contributed by atoms with Crippen LogP contribution in [-0.2, 0) is 16.3 Å². The Morgan fingerprint density at radius 1 is 1.25 bits per heavy atom. The van der Waals surface area contributed by atoms with Crippen LogP contribution in [0.4, 0.5) is 0 Å². The van der Waals surface area contributed by atoms with Crippen LogP contribution in [0, 0.1) is 0 Å². The van der Waals surface area contributed by atoms with Crippen LogP contribution >= 0.6 is 0 Å². The van der Waals surface area contributed by atoms with Crippen molar-refractivity contribution in [1.82, 2.24) is 0 Å². The van der Waals surface area contributed by atoms with Gasteiger partial charge in [0.1, 0.15) is 0 Å². The highest BCUT2D eigenvalue weighted by atomic mass is 32.2. The average molecular weight is 180 g/mol. The molecule has 1 heterocycles. The Kier molecular flexibility index (Phi) is 1.38. The molecule has 0 spiro atoms. The van der Waals surface area contributed by atoms with E-state index in [1.54, 1.807) is 12.1 Å². The number of allylic oxidation sites excluding steroid dienone is 1. The summed E-state index contributed by atoms with van der Waals surface area (Å²) in [7, 11) is -3.18. The number of benzene rings is 1. The van der Waals surface area contributed by atoms with Crippen LogP contribution in [0.25, 0.3) is 0 Å². The highest BCUT2D eigenvalue weighted by Crippen LogP contribution is 2.32. The fraction of sp³-hybridized carbons (Fsp3) is 0.111. The third-order valence-corrected chi connectivity index (χ3v) is 3.91. The number of hydrogen-bond acceptors (Lipinski definition) is 2. The molecule has 0 bridgehead atoms. The average Bonchev–Trinajstić information content (AvgIpc) is 2.25. The van der Waals surface area contributed by atoms with Crippen molar-refractivity contribution in [3.8, 4) is 0 Å². The van der Waals surface area contributed by atoms with Crippen LogP contribution in [0.15, 0.2) is 40.6 Å². The summed E-state index contributed by atoms with van der Waals surface area (Å²) >= 11 is 0. The topological polar surface area (TPSA) is 34.1 Å². The van der Waals surface area contributed by atoms with Gasteiger partial charge in [-0.15, -0.1) is 0 Å². The van der Waals surface area contributed by atoms with Gasteiger partial charge in [0.2, 0.25) is 9.84 Å². The Balaban J connectivity index is 2.80. The Morgan fingerprint density at radius 3 is 2.58 bits per heavy atom. The van der Waals surface area contributed by atoms with Crippen molar-refractivity contribution in [2.24, 2.45) is 0 Å². The molecule has 0 fully saturated rings. The van der Waals surface area contributed by atoms with Gasteiger partial charge in [-0.05, 0) is 11.6 Å². The first-order valence-corrected chi connectivity index (χ1v) is 5.11. The van der Waals surface area contributed by atoms with Crippen LogP contribution in [0.5, 0.6) is 0 Å². The van der Waals surface area contributed by atoms with Crippen LogP contribution in [0.1, 0.15) is 5.56 Å². The predicted octanol–water partition coefficient (Wildman–Crippen LogP) is 1.53. The van der Waals surface area contributed by atoms with E-state index in [1.807, 2.05) is 12.1 Å². The second kappa shape index (κ2) is 2.20. The maximum absolute atomic E-state index is 11.5. The molecule has 1 aliphatic heterocycles. The van der Waals surface area contributed by atoms with Gasteiger partial charge in [0.25, 0.3) is 0 Å². The quantitative estimate of drug-likeness (QED) is 0.606. The molecule has 1 aromatic rings. The van der Waals surface area contributed by atoms with Gasteiger partial charge >= 0.3 is 0 Å². The molecule has 2 rings (SSSR count). The lowest BCUT2D eigenvalue weighted by Gasteiger charge is -1.94. The SMILES string of the molecule is C=C1Cc2ccccc2S1(=O)=O. The first-order valence-electron chi connectivity index (χ1n) is 3.63. The summed E-state index contributed by atoms with van der Waals surface area (Å²) in [6.07, 6.45) is 0.471. The molecular formula is C9H8O2S. The lowest BCUT2D eigenvalue weighted by Crippen LogP contribution is -1.95. The van der Waals surface area contributed by atoms with Crippen molar-refractivity contribution in [1.29, 1.82) is 0 Å². The standard InChI is InChI=1S/C9H8O2S/c1-7-6-8-4-2-3-5-9(8)12(7,10)11/h2-5H,1,6H2. The summed E-state index contributed by atoms with van der Waals surface area (Å²) in [6, 6.07) is 7.02. The Bertz CT molecular complexity index is 443. The maximum Gasteiger partial charge on any atom is 0.202 e. The van der Waals surface area contributed by atoms with Crippen LogP contribution in [0.2, 0.25) is 0 Å². The molecule has 62 valence electrons. The van der Waals surface area contributed by atoms with Crippen molar-refractivity contribution in [2.45, 2.75) is 11.3 Å². The third kappa shape index (κ3) is 0.830. The van der Waals surface area contributed by atoms with E-state index in [1.165, 1.54) is 0 Å². The van der Waals surface area contributed by atoms with Crippen LogP contribution in [0.3, 0.4) is 0 Å². The monoisotopic (exact) mass is 180 g/mol. The molecule has 0 atom stereocenters. The van der Waals surface area contributed by atoms with Crippen molar-refractivity contribution in [3.05, 3.63) is 41.3 Å². The van der Waals surface area contributed by atoms with Gasteiger partial charge in [0.05, 0.1) is 4.90 Å². The van der Waals surface area contributed by atoms with Crippen molar-refractivity contribution in [2.75, 3.05) is 0 Å². The summed E-state index contributed by atoms with van der Waals surface area (Å²) < 4.78 is 23.0. The first kappa shape index (κ1) is 7.55. The van der Waals surface area contributed by atoms with Gasteiger partial charge in [-0.2, -0.15) is 0 Å². The smallest absolute Gasteiger partial charge is 0.202 e. The van der Waals surface area contributed by atoms with Crippen LogP contribution < -0.4 is 0 Å². The Labute approximate surface area is 71.5 Å². The molecule has 0 saturated carbocycles. The summed E-state index contributed by atoms with van der Waals surface area (Å²) in [5, 5.41) is 0. The van der Waals surface area contributed by atoms with Gasteiger partial charge in [0.15, 0.2) is 0 Å². The number of fused-ring (bicyclic) bond motifs is 1. The van der Waals surface area contributed by atoms with Gasteiger partial charge in [-0.3, -0.25) is 0 Å². The third-order valence-electron chi connectivity index (χ3n) is 2.03. The summed E-state index contributed by atoms with van der Waals surface area (Å²) in [6.45, 7) is 3.53. The molecule has 1 aliphatic rings. The van der Waals surface area contributed by atoms with E-state index in [0.717, 1.165) is 5.56 Å². The van der Waals surface area contributed by atoms with E-state index < -0.39 is 9.84 Å². The highest BCUT2D eigenvalue weighted by Gasteiger charge is 2.28. The summed E-state index contributed by atoms with van der Waals surface area (Å²) in [5.74, 6) is 0. The molecule has 0 aromatic heterocycles. The maximum atomic E-state index is 11.5. The molecule has 0 radical (unpaired) electrons. The second-order valence-corrected chi connectivity index (χ2v) is 4.85. The fourth-order valence-electron chi connectivity index (χ4n) is 1.37. The van der Waals surface area contributed by atoms with E-state index in [-0.39, 0.29) is 0 Å². The zero-order valence-electron chi connectivity index (χ0n) is 6.45. The summed E-state index contributed by atoms with van der Waals surface area (Å²) in [5.41, 5.74) is 0.863. The van der Waals surface area contributed by atoms with E-state index >= 15 is 0 Å². The second-order valence-electron chi connectivity index (χ2n) is 2.83. The lowest BCUT2D eigenvalue weighted by molar-refractivity contribution is 0.604. The lowest BCUT2D eigenvalue weighted by atomic mass is 10.2. The van der Waals surface area contributed by atoms with Crippen LogP contribution in [-0.4, -0.2) is 8.42 Å². The molecule has 0 N–H and O–H groups in total. The van der Waals surface area contributed by atoms with Crippen molar-refractivity contribution in [3.63, 3.8) is 0 Å². The molecule has 3 heteroatoms. The minimum Gasteiger partial charge on any atom is -0.219 e. The van der Waals surface area contributed by atoms with E-state index in [9.17, 15) is 8.42 Å². The van der Waals surface area contributed by atoms with E-state index in [0.29, 0.717) is 16.2 Å². The van der Waals surface area contributed by atoms with Gasteiger partial charge in [0, 0.05) is 11.3 Å². The molecule has 0 aliphatic carbocycles. The van der Waals surface area contributed by atoms with E-state index in [2.05, 4.69) is 6.58 Å². The Morgan fingerprint density at radius 2 is 1.92 bits per heavy atom. The van der Waals surface area contributed by atoms with Crippen molar-refractivity contribution < 1.29 is 8.42 Å². The minimum atomic E-state index is -3.18. The zero-order chi connectivity index (χ0) is 8.77. The van der Waals surface area contributed by atoms with Gasteiger partial charge < -0.3 is 0 Å². The van der Waals surface area contributed by atoms with Gasteiger partial charge in [-0.25, -0.2) is 8.42 Å². The normalized spacial score (nSPS) is 19.2. The highest BCUT2D eigenvalue weighted by molar-refractivity contribution is 7.95. The number of rotatable bonds is 0. The van der Waals surface area contributed by atoms with Crippen molar-refractivity contribution >= 4 is 9.84 Å². The molecular weight excluding hydrogens is 172 g/mol. The predicted molar refractivity (Wildman–Crippen MR) is 46.5 cm³/mol. The Hall–Kier alpha value is -1.09. The largest absolute Gasteiger partial charge is 0.219 e. The number of sulfone groups is 1. The zero-order valence-corrected chi connectivity index (χ0v) is 7.26. The van der Waals surface area contributed by atoms with E-state index in [4.69, 9.17) is 0 Å². The molecule has 2 nitrogen and oxygen atoms in total. The fourth-order valence-corrected chi connectivity index (χ4v) is 2.77. The molecule has 0 saturated heterocycles. The van der Waals surface area contributed by atoms with Gasteiger partial charge in [-0.1, -0.05) is 24.8 Å². The molecule has 0 unspecified atom stereocenters. The molecule has 1 aromatic carbocycles. The minimum absolute atomic E-state index is 0.309. The number of hydrogen-bond donors (Lipinski definition) is 0.